The molecule has 3 aromatic heterocycles. The second-order valence-corrected chi connectivity index (χ2v) is 9.96. The summed E-state index contributed by atoms with van der Waals surface area (Å²) in [6, 6.07) is 6.29. The van der Waals surface area contributed by atoms with Crippen molar-refractivity contribution in [1.82, 2.24) is 14.6 Å². The van der Waals surface area contributed by atoms with E-state index in [1.807, 2.05) is 17.6 Å². The van der Waals surface area contributed by atoms with Crippen LogP contribution in [-0.2, 0) is 43.2 Å². The van der Waals surface area contributed by atoms with Crippen LogP contribution < -0.4 is 0 Å². The van der Waals surface area contributed by atoms with Crippen molar-refractivity contribution in [2.75, 3.05) is 26.4 Å². The first-order valence-electron chi connectivity index (χ1n) is 13.2. The molecule has 0 amide bonds. The Morgan fingerprint density at radius 1 is 1.22 bits per heavy atom. The Kier molecular flexibility index (Phi) is 10.5. The number of rotatable bonds is 13. The lowest BCUT2D eigenvalue weighted by Gasteiger charge is -2.22. The van der Waals surface area contributed by atoms with Crippen LogP contribution in [0.25, 0.3) is 16.6 Å². The largest absolute Gasteiger partial charge is 0.466 e. The van der Waals surface area contributed by atoms with Crippen LogP contribution in [0.3, 0.4) is 0 Å². The summed E-state index contributed by atoms with van der Waals surface area (Å²) < 4.78 is 25.6. The van der Waals surface area contributed by atoms with Gasteiger partial charge < -0.3 is 18.9 Å². The number of ether oxygens (including phenoxy) is 4. The number of aromatic nitrogens is 3. The molecule has 4 rings (SSSR count). The molecule has 4 heterocycles. The van der Waals surface area contributed by atoms with Gasteiger partial charge in [-0.1, -0.05) is 6.92 Å². The van der Waals surface area contributed by atoms with Crippen LogP contribution in [0.15, 0.2) is 35.1 Å². The average molecular weight is 575 g/mol. The van der Waals surface area contributed by atoms with E-state index in [0.717, 1.165) is 70.4 Å². The maximum absolute atomic E-state index is 12.0. The first kappa shape index (κ1) is 27.7. The smallest absolute Gasteiger partial charge is 0.305 e. The highest BCUT2D eigenvalue weighted by Crippen LogP contribution is 2.34. The Hall–Kier alpha value is -2.33. The first-order valence-corrected chi connectivity index (χ1v) is 14.0. The minimum absolute atomic E-state index is 0.132. The molecule has 0 aliphatic carbocycles. The minimum atomic E-state index is -0.182. The van der Waals surface area contributed by atoms with Crippen LogP contribution in [0.2, 0.25) is 0 Å². The third-order valence-electron chi connectivity index (χ3n) is 6.44. The van der Waals surface area contributed by atoms with Crippen LogP contribution in [0.1, 0.15) is 62.9 Å². The van der Waals surface area contributed by atoms with Gasteiger partial charge >= 0.3 is 5.97 Å². The van der Waals surface area contributed by atoms with Crippen molar-refractivity contribution in [3.05, 3.63) is 52.0 Å². The monoisotopic (exact) mass is 573 g/mol. The van der Waals surface area contributed by atoms with E-state index in [9.17, 15) is 4.79 Å². The first-order chi connectivity index (χ1) is 18.1. The molecule has 1 atom stereocenters. The van der Waals surface area contributed by atoms with Crippen LogP contribution in [-0.4, -0.2) is 53.3 Å². The summed E-state index contributed by atoms with van der Waals surface area (Å²) in [5.74, 6) is -0.182. The zero-order valence-corrected chi connectivity index (χ0v) is 23.3. The Balaban J connectivity index is 1.60. The lowest BCUT2D eigenvalue weighted by Crippen LogP contribution is -2.24. The molecule has 1 aliphatic rings. The van der Waals surface area contributed by atoms with E-state index in [2.05, 4.69) is 46.0 Å². The van der Waals surface area contributed by atoms with E-state index >= 15 is 0 Å². The van der Waals surface area contributed by atoms with Crippen molar-refractivity contribution >= 4 is 27.4 Å². The lowest BCUT2D eigenvalue weighted by atomic mass is 9.95. The van der Waals surface area contributed by atoms with E-state index in [4.69, 9.17) is 24.0 Å². The third kappa shape index (κ3) is 7.37. The van der Waals surface area contributed by atoms with E-state index in [-0.39, 0.29) is 12.3 Å². The Morgan fingerprint density at radius 3 is 2.86 bits per heavy atom. The summed E-state index contributed by atoms with van der Waals surface area (Å²) in [4.78, 5) is 16.5. The summed E-state index contributed by atoms with van der Waals surface area (Å²) in [7, 11) is 0. The maximum atomic E-state index is 12.0. The van der Waals surface area contributed by atoms with Crippen LogP contribution >= 0.6 is 15.9 Å². The summed E-state index contributed by atoms with van der Waals surface area (Å²) in [6.45, 7) is 6.35. The van der Waals surface area contributed by atoms with Gasteiger partial charge in [-0.2, -0.15) is 5.10 Å². The molecule has 0 N–H and O–H groups in total. The third-order valence-corrected chi connectivity index (χ3v) is 6.87. The molecule has 1 aliphatic heterocycles. The molecule has 3 aromatic rings. The normalized spacial score (nSPS) is 15.8. The van der Waals surface area contributed by atoms with E-state index in [1.54, 1.807) is 6.20 Å². The van der Waals surface area contributed by atoms with E-state index in [0.29, 0.717) is 45.7 Å². The van der Waals surface area contributed by atoms with Crippen LogP contribution in [0.4, 0.5) is 0 Å². The number of pyridine rings is 1. The van der Waals surface area contributed by atoms with Gasteiger partial charge in [-0.15, -0.1) is 0 Å². The number of hydrogen-bond acceptors (Lipinski definition) is 7. The van der Waals surface area contributed by atoms with Crippen LogP contribution in [0, 0.1) is 0 Å². The fraction of sp³-hybridized carbons (Fsp3) is 0.536. The molecular formula is C28H36BrN3O5. The average Bonchev–Trinajstić information content (AvgIpc) is 3.31. The highest BCUT2D eigenvalue weighted by Gasteiger charge is 2.20. The predicted molar refractivity (Wildman–Crippen MR) is 144 cm³/mol. The van der Waals surface area contributed by atoms with Crippen molar-refractivity contribution < 1.29 is 23.7 Å². The number of carbonyl (C=O) groups is 1. The van der Waals surface area contributed by atoms with Crippen molar-refractivity contribution in [2.45, 2.75) is 71.7 Å². The molecule has 8 nitrogen and oxygen atoms in total. The van der Waals surface area contributed by atoms with E-state index in [1.165, 1.54) is 0 Å². The van der Waals surface area contributed by atoms with Gasteiger partial charge in [0.2, 0.25) is 0 Å². The fourth-order valence-electron chi connectivity index (χ4n) is 4.67. The highest BCUT2D eigenvalue weighted by atomic mass is 79.9. The van der Waals surface area contributed by atoms with Gasteiger partial charge in [-0.3, -0.25) is 9.78 Å². The van der Waals surface area contributed by atoms with Gasteiger partial charge in [0.15, 0.2) is 6.29 Å². The molecular weight excluding hydrogens is 538 g/mol. The minimum Gasteiger partial charge on any atom is -0.466 e. The Labute approximate surface area is 226 Å². The molecule has 1 saturated heterocycles. The summed E-state index contributed by atoms with van der Waals surface area (Å²) >= 11 is 3.57. The zero-order chi connectivity index (χ0) is 26.0. The van der Waals surface area contributed by atoms with Gasteiger partial charge in [0.1, 0.15) is 0 Å². The SMILES string of the molecule is CCOC(=O)CCCc1c(COCCOC2CCCCO2)nn2c(CC)ccc2c1-c1cncc(Br)c1. The summed E-state index contributed by atoms with van der Waals surface area (Å²) in [5.41, 5.74) is 6.12. The van der Waals surface area contributed by atoms with Crippen LogP contribution in [0.5, 0.6) is 0 Å². The van der Waals surface area contributed by atoms with Gasteiger partial charge in [0.05, 0.1) is 37.6 Å². The maximum Gasteiger partial charge on any atom is 0.305 e. The van der Waals surface area contributed by atoms with Gasteiger partial charge in [-0.25, -0.2) is 4.52 Å². The van der Waals surface area contributed by atoms with Gasteiger partial charge in [0.25, 0.3) is 0 Å². The number of nitrogens with zero attached hydrogens (tertiary/aromatic N) is 3. The number of hydrogen-bond donors (Lipinski definition) is 0. The molecule has 0 radical (unpaired) electrons. The second kappa shape index (κ2) is 14.0. The molecule has 1 fully saturated rings. The zero-order valence-electron chi connectivity index (χ0n) is 21.7. The lowest BCUT2D eigenvalue weighted by molar-refractivity contribution is -0.169. The Bertz CT molecular complexity index is 1180. The number of carbonyl (C=O) groups excluding carboxylic acids is 1. The molecule has 37 heavy (non-hydrogen) atoms. The summed E-state index contributed by atoms with van der Waals surface area (Å²) in [6.07, 6.45) is 9.21. The number of fused-ring (bicyclic) bond motifs is 1. The number of esters is 1. The van der Waals surface area contributed by atoms with Crippen molar-refractivity contribution in [1.29, 1.82) is 0 Å². The quantitative estimate of drug-likeness (QED) is 0.192. The fourth-order valence-corrected chi connectivity index (χ4v) is 5.04. The highest BCUT2D eigenvalue weighted by molar-refractivity contribution is 9.10. The second-order valence-electron chi connectivity index (χ2n) is 9.05. The molecule has 0 saturated carbocycles. The standard InChI is InChI=1S/C28H36BrN3O5/c1-3-22-11-12-25-28(20-16-21(29)18-30-17-20)23(8-7-9-26(33)35-4-2)24(31-32(22)25)19-34-14-15-37-27-10-5-6-13-36-27/h11-12,16-18,27H,3-10,13-15,19H2,1-2H3. The van der Waals surface area contributed by atoms with E-state index < -0.39 is 0 Å². The molecule has 0 aromatic carbocycles. The number of aryl methyl sites for hydroxylation is 1. The molecule has 200 valence electrons. The van der Waals surface area contributed by atoms with Gasteiger partial charge in [0, 0.05) is 46.7 Å². The number of halogens is 1. The summed E-state index contributed by atoms with van der Waals surface area (Å²) in [5, 5.41) is 5.01. The van der Waals surface area contributed by atoms with Gasteiger partial charge in [-0.05, 0) is 85.1 Å². The topological polar surface area (TPSA) is 84.2 Å². The molecule has 0 spiro atoms. The molecule has 9 heteroatoms. The van der Waals surface area contributed by atoms with Crippen molar-refractivity contribution in [2.24, 2.45) is 0 Å². The van der Waals surface area contributed by atoms with Crippen molar-refractivity contribution in [3.63, 3.8) is 0 Å². The van der Waals surface area contributed by atoms with Crippen molar-refractivity contribution in [3.8, 4) is 11.1 Å². The predicted octanol–water partition coefficient (Wildman–Crippen LogP) is 5.67. The molecule has 0 bridgehead atoms. The Morgan fingerprint density at radius 2 is 2.11 bits per heavy atom. The molecule has 1 unspecified atom stereocenters.